The van der Waals surface area contributed by atoms with Crippen molar-refractivity contribution >= 4 is 18.0 Å². The number of carbonyl (C=O) groups is 3. The minimum atomic E-state index is -1.19. The second-order valence-electron chi connectivity index (χ2n) is 6.27. The number of rotatable bonds is 5. The molecule has 0 aromatic heterocycles. The Labute approximate surface area is 130 Å². The minimum absolute atomic E-state index is 0.245. The number of carbonyl (C=O) groups excluding carboxylic acids is 3. The van der Waals surface area contributed by atoms with Crippen LogP contribution < -0.4 is 5.32 Å². The predicted octanol–water partition coefficient (Wildman–Crippen LogP) is 1.31. The maximum Gasteiger partial charge on any atom is 0.435 e. The fourth-order valence-electron chi connectivity index (χ4n) is 1.65. The van der Waals surface area contributed by atoms with Crippen LogP contribution in [0.3, 0.4) is 0 Å². The van der Waals surface area contributed by atoms with Crippen molar-refractivity contribution in [2.75, 3.05) is 7.11 Å². The van der Waals surface area contributed by atoms with E-state index in [9.17, 15) is 19.6 Å². The van der Waals surface area contributed by atoms with Gasteiger partial charge in [0.1, 0.15) is 17.7 Å². The number of esters is 1. The molecule has 0 saturated heterocycles. The van der Waals surface area contributed by atoms with Crippen LogP contribution in [0.2, 0.25) is 0 Å². The molecule has 0 bridgehead atoms. The maximum absolute atomic E-state index is 12.2. The molecule has 0 fully saturated rings. The first-order chi connectivity index (χ1) is 9.90. The van der Waals surface area contributed by atoms with Crippen molar-refractivity contribution in [1.29, 1.82) is 0 Å². The van der Waals surface area contributed by atoms with Gasteiger partial charge in [-0.05, 0) is 33.6 Å². The van der Waals surface area contributed by atoms with Gasteiger partial charge in [0.05, 0.1) is 7.11 Å². The molecule has 0 saturated carbocycles. The molecular formula is C14H26N2O6. The van der Waals surface area contributed by atoms with Crippen molar-refractivity contribution in [2.24, 2.45) is 5.92 Å². The van der Waals surface area contributed by atoms with Gasteiger partial charge in [-0.2, -0.15) is 5.06 Å². The van der Waals surface area contributed by atoms with Gasteiger partial charge in [0.2, 0.25) is 5.91 Å². The SMILES string of the molecule is COC(=O)[C@H](C)NC(=O)[C@H](C(C)C)N(O)C(=O)OC(C)(C)C. The fraction of sp³-hybridized carbons (Fsp3) is 0.786. The van der Waals surface area contributed by atoms with Crippen LogP contribution in [0.4, 0.5) is 4.79 Å². The molecule has 128 valence electrons. The van der Waals surface area contributed by atoms with E-state index in [1.165, 1.54) is 14.0 Å². The van der Waals surface area contributed by atoms with Crippen LogP contribution >= 0.6 is 0 Å². The topological polar surface area (TPSA) is 105 Å². The standard InChI is InChI=1S/C14H26N2O6/c1-8(2)10(11(17)15-9(3)12(18)21-7)16(20)13(19)22-14(4,5)6/h8-10,20H,1-7H3,(H,15,17)/t9-,10-/m0/s1. The van der Waals surface area contributed by atoms with Crippen molar-refractivity contribution in [2.45, 2.75) is 59.2 Å². The lowest BCUT2D eigenvalue weighted by Gasteiger charge is -2.30. The van der Waals surface area contributed by atoms with Crippen LogP contribution in [0.1, 0.15) is 41.5 Å². The molecular weight excluding hydrogens is 292 g/mol. The average Bonchev–Trinajstić information content (AvgIpc) is 2.34. The minimum Gasteiger partial charge on any atom is -0.467 e. The van der Waals surface area contributed by atoms with Crippen LogP contribution in [0.25, 0.3) is 0 Å². The molecule has 0 aliphatic rings. The quantitative estimate of drug-likeness (QED) is 0.450. The summed E-state index contributed by atoms with van der Waals surface area (Å²) < 4.78 is 9.53. The molecule has 0 spiro atoms. The van der Waals surface area contributed by atoms with E-state index in [0.717, 1.165) is 0 Å². The molecule has 0 rings (SSSR count). The Morgan fingerprint density at radius 1 is 1.14 bits per heavy atom. The highest BCUT2D eigenvalue weighted by Crippen LogP contribution is 2.15. The van der Waals surface area contributed by atoms with Crippen molar-refractivity contribution in [3.05, 3.63) is 0 Å². The van der Waals surface area contributed by atoms with Gasteiger partial charge >= 0.3 is 12.1 Å². The first-order valence-electron chi connectivity index (χ1n) is 7.00. The first kappa shape index (κ1) is 20.2. The number of hydrogen-bond donors (Lipinski definition) is 2. The zero-order chi connectivity index (χ0) is 17.7. The number of ether oxygens (including phenoxy) is 2. The monoisotopic (exact) mass is 318 g/mol. The third-order valence-electron chi connectivity index (χ3n) is 2.66. The van der Waals surface area contributed by atoms with E-state index in [1.807, 2.05) is 0 Å². The van der Waals surface area contributed by atoms with E-state index in [1.54, 1.807) is 34.6 Å². The number of hydrogen-bond acceptors (Lipinski definition) is 6. The third kappa shape index (κ3) is 6.30. The van der Waals surface area contributed by atoms with Crippen molar-refractivity contribution in [3.63, 3.8) is 0 Å². The highest BCUT2D eigenvalue weighted by atomic mass is 16.6. The zero-order valence-corrected chi connectivity index (χ0v) is 14.2. The largest absolute Gasteiger partial charge is 0.467 e. The van der Waals surface area contributed by atoms with Gasteiger partial charge in [0.15, 0.2) is 0 Å². The van der Waals surface area contributed by atoms with Gasteiger partial charge < -0.3 is 14.8 Å². The lowest BCUT2D eigenvalue weighted by Crippen LogP contribution is -2.54. The van der Waals surface area contributed by atoms with E-state index in [0.29, 0.717) is 0 Å². The molecule has 0 unspecified atom stereocenters. The second-order valence-corrected chi connectivity index (χ2v) is 6.27. The summed E-state index contributed by atoms with van der Waals surface area (Å²) in [7, 11) is 1.20. The highest BCUT2D eigenvalue weighted by Gasteiger charge is 2.35. The summed E-state index contributed by atoms with van der Waals surface area (Å²) >= 11 is 0. The van der Waals surface area contributed by atoms with Gasteiger partial charge in [-0.15, -0.1) is 0 Å². The summed E-state index contributed by atoms with van der Waals surface area (Å²) in [4.78, 5) is 35.4. The van der Waals surface area contributed by atoms with Crippen LogP contribution in [0, 0.1) is 5.92 Å². The molecule has 8 nitrogen and oxygen atoms in total. The van der Waals surface area contributed by atoms with Crippen LogP contribution in [-0.2, 0) is 19.1 Å². The van der Waals surface area contributed by atoms with Crippen molar-refractivity contribution < 1.29 is 29.1 Å². The van der Waals surface area contributed by atoms with Crippen LogP contribution in [0.15, 0.2) is 0 Å². The lowest BCUT2D eigenvalue weighted by molar-refractivity contribution is -0.158. The van der Waals surface area contributed by atoms with E-state index < -0.39 is 41.6 Å². The summed E-state index contributed by atoms with van der Waals surface area (Å²) in [5, 5.41) is 12.6. The Morgan fingerprint density at radius 3 is 2.00 bits per heavy atom. The summed E-state index contributed by atoms with van der Waals surface area (Å²) in [6.45, 7) is 9.67. The van der Waals surface area contributed by atoms with Crippen molar-refractivity contribution in [1.82, 2.24) is 10.4 Å². The Balaban J connectivity index is 5.02. The molecule has 2 atom stereocenters. The number of nitrogens with zero attached hydrogens (tertiary/aromatic N) is 1. The smallest absolute Gasteiger partial charge is 0.435 e. The molecule has 0 aliphatic carbocycles. The van der Waals surface area contributed by atoms with E-state index in [2.05, 4.69) is 10.1 Å². The molecule has 0 radical (unpaired) electrons. The molecule has 2 N–H and O–H groups in total. The van der Waals surface area contributed by atoms with Gasteiger partial charge in [-0.1, -0.05) is 13.8 Å². The normalized spacial score (nSPS) is 14.0. The zero-order valence-electron chi connectivity index (χ0n) is 14.2. The number of methoxy groups -OCH3 is 1. The van der Waals surface area contributed by atoms with Gasteiger partial charge in [-0.25, -0.2) is 9.59 Å². The van der Waals surface area contributed by atoms with E-state index >= 15 is 0 Å². The fourth-order valence-corrected chi connectivity index (χ4v) is 1.65. The van der Waals surface area contributed by atoms with Gasteiger partial charge in [-0.3, -0.25) is 10.0 Å². The Hall–Kier alpha value is -1.83. The summed E-state index contributed by atoms with van der Waals surface area (Å²) in [5.74, 6) is -1.71. The van der Waals surface area contributed by atoms with Gasteiger partial charge in [0.25, 0.3) is 0 Å². The predicted molar refractivity (Wildman–Crippen MR) is 78.1 cm³/mol. The Bertz CT molecular complexity index is 416. The molecule has 0 heterocycles. The maximum atomic E-state index is 12.2. The van der Waals surface area contributed by atoms with Crippen LogP contribution in [-0.4, -0.2) is 53.0 Å². The van der Waals surface area contributed by atoms with E-state index in [-0.39, 0.29) is 5.06 Å². The number of amides is 2. The first-order valence-corrected chi connectivity index (χ1v) is 7.00. The summed E-state index contributed by atoms with van der Waals surface area (Å²) in [5.41, 5.74) is -0.810. The van der Waals surface area contributed by atoms with Crippen LogP contribution in [0.5, 0.6) is 0 Å². The molecule has 22 heavy (non-hydrogen) atoms. The molecule has 0 aromatic carbocycles. The lowest BCUT2D eigenvalue weighted by atomic mass is 10.0. The Morgan fingerprint density at radius 2 is 1.64 bits per heavy atom. The molecule has 0 aromatic rings. The average molecular weight is 318 g/mol. The second kappa shape index (κ2) is 7.98. The molecule has 8 heteroatoms. The molecule has 2 amide bonds. The van der Waals surface area contributed by atoms with Gasteiger partial charge in [0, 0.05) is 0 Å². The number of hydroxylamine groups is 2. The van der Waals surface area contributed by atoms with Crippen molar-refractivity contribution in [3.8, 4) is 0 Å². The highest BCUT2D eigenvalue weighted by molar-refractivity contribution is 5.89. The third-order valence-corrected chi connectivity index (χ3v) is 2.66. The summed E-state index contributed by atoms with van der Waals surface area (Å²) in [6, 6.07) is -2.09. The summed E-state index contributed by atoms with van der Waals surface area (Å²) in [6.07, 6.45) is -1.04. The molecule has 0 aliphatic heterocycles. The number of nitrogens with one attached hydrogen (secondary N) is 1. The Kier molecular flexibility index (Phi) is 7.31. The van der Waals surface area contributed by atoms with E-state index in [4.69, 9.17) is 4.74 Å².